The maximum Gasteiger partial charge on any atom is 0.242 e. The van der Waals surface area contributed by atoms with Gasteiger partial charge in [-0.1, -0.05) is 0 Å². The third-order valence-corrected chi connectivity index (χ3v) is 5.27. The maximum atomic E-state index is 12.2. The number of likely N-dealkylation sites (tertiary alicyclic amines) is 1. The van der Waals surface area contributed by atoms with Crippen LogP contribution >= 0.6 is 11.3 Å². The summed E-state index contributed by atoms with van der Waals surface area (Å²) in [6.45, 7) is 5.05. The molecule has 0 aliphatic carbocycles. The molecule has 0 spiro atoms. The third-order valence-electron chi connectivity index (χ3n) is 4.32. The predicted octanol–water partition coefficient (Wildman–Crippen LogP) is 1.37. The molecule has 0 radical (unpaired) electrons. The summed E-state index contributed by atoms with van der Waals surface area (Å²) in [5.41, 5.74) is 0.889. The molecule has 1 atom stereocenters. The van der Waals surface area contributed by atoms with Gasteiger partial charge in [0.05, 0.1) is 12.2 Å². The van der Waals surface area contributed by atoms with Crippen LogP contribution < -0.4 is 10.2 Å². The number of thiazole rings is 1. The summed E-state index contributed by atoms with van der Waals surface area (Å²) in [6.07, 6.45) is 3.87. The molecule has 3 heterocycles. The number of amides is 2. The minimum Gasteiger partial charge on any atom is -0.349 e. The Morgan fingerprint density at radius 2 is 2.14 bits per heavy atom. The van der Waals surface area contributed by atoms with E-state index in [1.807, 2.05) is 5.38 Å². The van der Waals surface area contributed by atoms with Gasteiger partial charge in [0.2, 0.25) is 11.8 Å². The second-order valence-electron chi connectivity index (χ2n) is 5.90. The lowest BCUT2D eigenvalue weighted by Gasteiger charge is -2.23. The summed E-state index contributed by atoms with van der Waals surface area (Å²) in [6, 6.07) is -0.397. The lowest BCUT2D eigenvalue weighted by Crippen LogP contribution is -2.45. The number of hydrogen-bond donors (Lipinski definition) is 1. The third kappa shape index (κ3) is 3.24. The van der Waals surface area contributed by atoms with Crippen LogP contribution in [0.2, 0.25) is 0 Å². The van der Waals surface area contributed by atoms with E-state index in [-0.39, 0.29) is 11.8 Å². The average Bonchev–Trinajstić information content (AvgIpc) is 3.24. The van der Waals surface area contributed by atoms with Crippen LogP contribution in [0.25, 0.3) is 0 Å². The highest BCUT2D eigenvalue weighted by atomic mass is 32.1. The average molecular weight is 322 g/mol. The van der Waals surface area contributed by atoms with Gasteiger partial charge in [0.15, 0.2) is 5.13 Å². The fourth-order valence-electron chi connectivity index (χ4n) is 2.98. The minimum atomic E-state index is -0.397. The summed E-state index contributed by atoms with van der Waals surface area (Å²) in [7, 11) is 0. The van der Waals surface area contributed by atoms with Gasteiger partial charge in [-0.3, -0.25) is 9.59 Å². The molecule has 0 unspecified atom stereocenters. The largest absolute Gasteiger partial charge is 0.349 e. The standard InChI is InChI=1S/C15H22N4O2S/c1-11(19-8-4-5-13(19)20)14(21)16-9-12-10-22-15(17-12)18-6-2-3-7-18/h10-11H,2-9H2,1H3,(H,16,21)/t11-/m1/s1. The molecular formula is C15H22N4O2S. The zero-order chi connectivity index (χ0) is 15.5. The molecule has 2 fully saturated rings. The first kappa shape index (κ1) is 15.3. The Morgan fingerprint density at radius 3 is 2.82 bits per heavy atom. The molecule has 2 aliphatic heterocycles. The van der Waals surface area contributed by atoms with Gasteiger partial charge in [-0.05, 0) is 26.2 Å². The van der Waals surface area contributed by atoms with Crippen LogP contribution in [0.15, 0.2) is 5.38 Å². The molecule has 1 N–H and O–H groups in total. The first-order valence-electron chi connectivity index (χ1n) is 7.91. The molecule has 0 bridgehead atoms. The Hall–Kier alpha value is -1.63. The summed E-state index contributed by atoms with van der Waals surface area (Å²) in [5.74, 6) is -0.0291. The zero-order valence-electron chi connectivity index (χ0n) is 12.9. The molecule has 2 amide bonds. The van der Waals surface area contributed by atoms with Crippen molar-refractivity contribution >= 4 is 28.3 Å². The lowest BCUT2D eigenvalue weighted by molar-refractivity contribution is -0.136. The van der Waals surface area contributed by atoms with Crippen molar-refractivity contribution in [3.05, 3.63) is 11.1 Å². The molecule has 1 aromatic heterocycles. The number of rotatable bonds is 5. The number of carbonyl (C=O) groups excluding carboxylic acids is 2. The van der Waals surface area contributed by atoms with Gasteiger partial charge in [0.1, 0.15) is 6.04 Å². The van der Waals surface area contributed by atoms with Crippen LogP contribution in [0.4, 0.5) is 5.13 Å². The van der Waals surface area contributed by atoms with Gasteiger partial charge in [-0.25, -0.2) is 4.98 Å². The van der Waals surface area contributed by atoms with Crippen molar-refractivity contribution in [1.82, 2.24) is 15.2 Å². The van der Waals surface area contributed by atoms with E-state index in [4.69, 9.17) is 0 Å². The van der Waals surface area contributed by atoms with E-state index in [0.717, 1.165) is 30.3 Å². The van der Waals surface area contributed by atoms with E-state index in [1.54, 1.807) is 23.2 Å². The normalized spacial score (nSPS) is 19.8. The van der Waals surface area contributed by atoms with Crippen molar-refractivity contribution in [2.45, 2.75) is 45.2 Å². The Balaban J connectivity index is 1.51. The van der Waals surface area contributed by atoms with Gasteiger partial charge >= 0.3 is 0 Å². The van der Waals surface area contributed by atoms with Crippen molar-refractivity contribution in [3.63, 3.8) is 0 Å². The van der Waals surface area contributed by atoms with Gasteiger partial charge in [0, 0.05) is 31.4 Å². The van der Waals surface area contributed by atoms with E-state index in [0.29, 0.717) is 19.5 Å². The highest BCUT2D eigenvalue weighted by Crippen LogP contribution is 2.24. The number of carbonyl (C=O) groups is 2. The smallest absolute Gasteiger partial charge is 0.242 e. The van der Waals surface area contributed by atoms with Crippen LogP contribution in [0.1, 0.15) is 38.3 Å². The summed E-state index contributed by atoms with van der Waals surface area (Å²) >= 11 is 1.63. The summed E-state index contributed by atoms with van der Waals surface area (Å²) < 4.78 is 0. The highest BCUT2D eigenvalue weighted by molar-refractivity contribution is 7.13. The molecule has 6 nitrogen and oxygen atoms in total. The second-order valence-corrected chi connectivity index (χ2v) is 6.74. The van der Waals surface area contributed by atoms with Crippen molar-refractivity contribution in [1.29, 1.82) is 0 Å². The molecule has 2 saturated heterocycles. The van der Waals surface area contributed by atoms with E-state index < -0.39 is 6.04 Å². The number of nitrogens with one attached hydrogen (secondary N) is 1. The Morgan fingerprint density at radius 1 is 1.36 bits per heavy atom. The Kier molecular flexibility index (Phi) is 4.61. The van der Waals surface area contributed by atoms with Gasteiger partial charge in [0.25, 0.3) is 0 Å². The van der Waals surface area contributed by atoms with Gasteiger partial charge < -0.3 is 15.1 Å². The van der Waals surface area contributed by atoms with Gasteiger partial charge in [-0.2, -0.15) is 0 Å². The molecule has 1 aromatic rings. The SMILES string of the molecule is C[C@H](C(=O)NCc1csc(N2CCCC2)n1)N1CCCC1=O. The number of aromatic nitrogens is 1. The summed E-state index contributed by atoms with van der Waals surface area (Å²) in [5, 5.41) is 5.94. The molecule has 3 rings (SSSR count). The maximum absolute atomic E-state index is 12.2. The van der Waals surface area contributed by atoms with E-state index in [2.05, 4.69) is 15.2 Å². The van der Waals surface area contributed by atoms with Crippen molar-refractivity contribution in [3.8, 4) is 0 Å². The molecule has 0 saturated carbocycles. The van der Waals surface area contributed by atoms with Crippen LogP contribution in [0.3, 0.4) is 0 Å². The van der Waals surface area contributed by atoms with Crippen molar-refractivity contribution in [2.24, 2.45) is 0 Å². The number of hydrogen-bond acceptors (Lipinski definition) is 5. The monoisotopic (exact) mass is 322 g/mol. The fraction of sp³-hybridized carbons (Fsp3) is 0.667. The molecule has 2 aliphatic rings. The molecule has 120 valence electrons. The van der Waals surface area contributed by atoms with Crippen LogP contribution in [0, 0.1) is 0 Å². The van der Waals surface area contributed by atoms with E-state index >= 15 is 0 Å². The second kappa shape index (κ2) is 6.64. The minimum absolute atomic E-state index is 0.0765. The van der Waals surface area contributed by atoms with Crippen molar-refractivity contribution < 1.29 is 9.59 Å². The first-order valence-corrected chi connectivity index (χ1v) is 8.79. The Bertz CT molecular complexity index is 553. The van der Waals surface area contributed by atoms with Crippen molar-refractivity contribution in [2.75, 3.05) is 24.5 Å². The number of nitrogens with zero attached hydrogens (tertiary/aromatic N) is 3. The zero-order valence-corrected chi connectivity index (χ0v) is 13.7. The molecule has 0 aromatic carbocycles. The fourth-order valence-corrected chi connectivity index (χ4v) is 3.86. The summed E-state index contributed by atoms with van der Waals surface area (Å²) in [4.78, 5) is 32.4. The van der Waals surface area contributed by atoms with Crippen LogP contribution in [0.5, 0.6) is 0 Å². The highest BCUT2D eigenvalue weighted by Gasteiger charge is 2.29. The Labute approximate surface area is 134 Å². The first-order chi connectivity index (χ1) is 10.6. The van der Waals surface area contributed by atoms with Crippen LogP contribution in [-0.4, -0.2) is 47.4 Å². The topological polar surface area (TPSA) is 65.5 Å². The predicted molar refractivity (Wildman–Crippen MR) is 85.8 cm³/mol. The van der Waals surface area contributed by atoms with Gasteiger partial charge in [-0.15, -0.1) is 11.3 Å². The van der Waals surface area contributed by atoms with E-state index in [9.17, 15) is 9.59 Å². The molecule has 7 heteroatoms. The molecule has 22 heavy (non-hydrogen) atoms. The lowest BCUT2D eigenvalue weighted by atomic mass is 10.2. The number of anilines is 1. The molecular weight excluding hydrogens is 300 g/mol. The van der Waals surface area contributed by atoms with Crippen LogP contribution in [-0.2, 0) is 16.1 Å². The van der Waals surface area contributed by atoms with E-state index in [1.165, 1.54) is 12.8 Å². The quantitative estimate of drug-likeness (QED) is 0.889.